The second-order valence-electron chi connectivity index (χ2n) is 6.45. The van der Waals surface area contributed by atoms with Crippen LogP contribution in [0.2, 0.25) is 0 Å². The number of aromatic nitrogens is 1. The first-order chi connectivity index (χ1) is 13.3. The van der Waals surface area contributed by atoms with Gasteiger partial charge in [0.1, 0.15) is 5.82 Å². The normalized spacial score (nSPS) is 11.3. The minimum absolute atomic E-state index is 0.0701. The molecule has 4 heteroatoms. The quantitative estimate of drug-likeness (QED) is 0.334. The van der Waals surface area contributed by atoms with Gasteiger partial charge in [0, 0.05) is 22.0 Å². The molecule has 0 fully saturated rings. The third kappa shape index (κ3) is 2.75. The molecule has 0 aliphatic carbocycles. The average Bonchev–Trinajstić information content (AvgIpc) is 2.73. The van der Waals surface area contributed by atoms with Crippen LogP contribution in [-0.2, 0) is 6.54 Å². The Bertz CT molecular complexity index is 1340. The Morgan fingerprint density at radius 1 is 0.815 bits per heavy atom. The summed E-state index contributed by atoms with van der Waals surface area (Å²) in [6, 6.07) is 25.8. The van der Waals surface area contributed by atoms with Crippen LogP contribution < -0.4 is 10.7 Å². The smallest absolute Gasteiger partial charge is 0.196 e. The number of fused-ring (bicyclic) bond motifs is 4. The molecule has 0 saturated carbocycles. The maximum atomic E-state index is 13.3. The van der Waals surface area contributed by atoms with E-state index in [1.807, 2.05) is 66.7 Å². The lowest BCUT2D eigenvalue weighted by atomic mass is 10.1. The molecule has 27 heavy (non-hydrogen) atoms. The van der Waals surface area contributed by atoms with Crippen molar-refractivity contribution in [1.82, 2.24) is 4.98 Å². The van der Waals surface area contributed by atoms with E-state index in [0.717, 1.165) is 36.9 Å². The van der Waals surface area contributed by atoms with Gasteiger partial charge in [-0.25, -0.2) is 4.98 Å². The van der Waals surface area contributed by atoms with E-state index in [9.17, 15) is 4.79 Å². The zero-order chi connectivity index (χ0) is 18.2. The van der Waals surface area contributed by atoms with Gasteiger partial charge in [0.25, 0.3) is 0 Å². The van der Waals surface area contributed by atoms with Crippen LogP contribution in [0.3, 0.4) is 0 Å². The van der Waals surface area contributed by atoms with Gasteiger partial charge in [-0.05, 0) is 23.8 Å². The van der Waals surface area contributed by atoms with Crippen LogP contribution in [0.4, 0.5) is 5.82 Å². The van der Waals surface area contributed by atoms with Crippen LogP contribution in [-0.4, -0.2) is 4.98 Å². The summed E-state index contributed by atoms with van der Waals surface area (Å²) in [6.45, 7) is 0.662. The maximum absolute atomic E-state index is 13.3. The number of hydrogen-bond acceptors (Lipinski definition) is 4. The Morgan fingerprint density at radius 2 is 1.52 bits per heavy atom. The molecule has 2 aromatic heterocycles. The van der Waals surface area contributed by atoms with Crippen molar-refractivity contribution in [1.29, 1.82) is 0 Å². The molecule has 0 saturated heterocycles. The monoisotopic (exact) mass is 368 g/mol. The van der Waals surface area contributed by atoms with Crippen molar-refractivity contribution in [2.24, 2.45) is 0 Å². The van der Waals surface area contributed by atoms with Crippen LogP contribution in [0.25, 0.3) is 31.1 Å². The average molecular weight is 368 g/mol. The summed E-state index contributed by atoms with van der Waals surface area (Å²) in [5.74, 6) is 0.764. The fourth-order valence-electron chi connectivity index (χ4n) is 3.41. The fourth-order valence-corrected chi connectivity index (χ4v) is 4.56. The van der Waals surface area contributed by atoms with Crippen LogP contribution in [0.1, 0.15) is 5.56 Å². The largest absolute Gasteiger partial charge is 0.365 e. The van der Waals surface area contributed by atoms with Crippen molar-refractivity contribution >= 4 is 48.2 Å². The highest BCUT2D eigenvalue weighted by Gasteiger charge is 2.14. The Balaban J connectivity index is 1.79. The van der Waals surface area contributed by atoms with E-state index in [1.54, 1.807) is 11.3 Å². The summed E-state index contributed by atoms with van der Waals surface area (Å²) in [6.07, 6.45) is 0. The van der Waals surface area contributed by atoms with Gasteiger partial charge in [-0.1, -0.05) is 60.7 Å². The molecule has 0 bridgehead atoms. The van der Waals surface area contributed by atoms with Gasteiger partial charge < -0.3 is 5.32 Å². The Hall–Kier alpha value is -3.24. The summed E-state index contributed by atoms with van der Waals surface area (Å²) in [4.78, 5) is 18.1. The van der Waals surface area contributed by atoms with Crippen molar-refractivity contribution in [3.63, 3.8) is 0 Å². The zero-order valence-electron chi connectivity index (χ0n) is 14.5. The van der Waals surface area contributed by atoms with Gasteiger partial charge in [0.15, 0.2) is 5.43 Å². The number of para-hydroxylation sites is 1. The van der Waals surface area contributed by atoms with E-state index < -0.39 is 0 Å². The van der Waals surface area contributed by atoms with E-state index in [2.05, 4.69) is 17.4 Å². The highest BCUT2D eigenvalue weighted by Crippen LogP contribution is 2.33. The lowest BCUT2D eigenvalue weighted by Crippen LogP contribution is -2.07. The van der Waals surface area contributed by atoms with Gasteiger partial charge in [-0.15, -0.1) is 11.3 Å². The predicted molar refractivity (Wildman–Crippen MR) is 115 cm³/mol. The van der Waals surface area contributed by atoms with Crippen LogP contribution >= 0.6 is 11.3 Å². The minimum Gasteiger partial charge on any atom is -0.365 e. The van der Waals surface area contributed by atoms with Gasteiger partial charge in [-0.2, -0.15) is 0 Å². The highest BCUT2D eigenvalue weighted by molar-refractivity contribution is 7.25. The minimum atomic E-state index is 0.0701. The number of nitrogens with zero attached hydrogens (tertiary/aromatic N) is 1. The molecule has 2 heterocycles. The summed E-state index contributed by atoms with van der Waals surface area (Å²) in [5.41, 5.74) is 2.08. The van der Waals surface area contributed by atoms with E-state index in [1.165, 1.54) is 5.56 Å². The first kappa shape index (κ1) is 16.0. The molecule has 0 unspecified atom stereocenters. The standard InChI is InChI=1S/C23H16N2OS/c26-21-17-11-5-7-13-19(17)27-22-20(21)16-10-4-6-12-18(16)25-23(22)24-14-15-8-2-1-3-9-15/h1-13H,14H2,(H,24,25). The molecule has 3 nitrogen and oxygen atoms in total. The van der Waals surface area contributed by atoms with Crippen LogP contribution in [0.5, 0.6) is 0 Å². The number of rotatable bonds is 3. The summed E-state index contributed by atoms with van der Waals surface area (Å²) >= 11 is 1.62. The number of pyridine rings is 1. The van der Waals surface area contributed by atoms with Crippen molar-refractivity contribution in [3.05, 3.63) is 94.6 Å². The van der Waals surface area contributed by atoms with E-state index >= 15 is 0 Å². The summed E-state index contributed by atoms with van der Waals surface area (Å²) in [5, 5.41) is 5.87. The lowest BCUT2D eigenvalue weighted by molar-refractivity contribution is 1.13. The zero-order valence-corrected chi connectivity index (χ0v) is 15.3. The Kier molecular flexibility index (Phi) is 3.84. The molecule has 3 aromatic carbocycles. The first-order valence-electron chi connectivity index (χ1n) is 8.83. The molecule has 0 radical (unpaired) electrons. The second kappa shape index (κ2) is 6.49. The fraction of sp³-hybridized carbons (Fsp3) is 0.0435. The molecule has 130 valence electrons. The second-order valence-corrected chi connectivity index (χ2v) is 7.50. The van der Waals surface area contributed by atoms with Crippen molar-refractivity contribution in [3.8, 4) is 0 Å². The molecule has 5 rings (SSSR count). The van der Waals surface area contributed by atoms with Crippen LogP contribution in [0, 0.1) is 0 Å². The third-order valence-electron chi connectivity index (χ3n) is 4.72. The topological polar surface area (TPSA) is 42.0 Å². The summed E-state index contributed by atoms with van der Waals surface area (Å²) < 4.78 is 1.89. The first-order valence-corrected chi connectivity index (χ1v) is 9.65. The van der Waals surface area contributed by atoms with Crippen molar-refractivity contribution < 1.29 is 0 Å². The number of nitrogens with one attached hydrogen (secondary N) is 1. The number of anilines is 1. The molecule has 0 aliphatic heterocycles. The van der Waals surface area contributed by atoms with E-state index in [4.69, 9.17) is 4.98 Å². The van der Waals surface area contributed by atoms with Gasteiger partial charge in [-0.3, -0.25) is 4.79 Å². The molecular formula is C23H16N2OS. The number of benzene rings is 3. The molecule has 5 aromatic rings. The molecular weight excluding hydrogens is 352 g/mol. The van der Waals surface area contributed by atoms with Crippen molar-refractivity contribution in [2.45, 2.75) is 6.54 Å². The molecule has 0 amide bonds. The molecule has 0 aliphatic rings. The Labute approximate surface area is 159 Å². The SMILES string of the molecule is O=c1c2ccccc2sc2c(NCc3ccccc3)nc3ccccc3c12. The molecule has 1 N–H and O–H groups in total. The maximum Gasteiger partial charge on any atom is 0.196 e. The van der Waals surface area contributed by atoms with E-state index in [0.29, 0.717) is 6.54 Å². The van der Waals surface area contributed by atoms with Gasteiger partial charge in [0.05, 0.1) is 15.6 Å². The molecule has 0 atom stereocenters. The lowest BCUT2D eigenvalue weighted by Gasteiger charge is -2.12. The van der Waals surface area contributed by atoms with E-state index in [-0.39, 0.29) is 5.43 Å². The van der Waals surface area contributed by atoms with Gasteiger partial charge in [0.2, 0.25) is 0 Å². The molecule has 0 spiro atoms. The Morgan fingerprint density at radius 3 is 2.37 bits per heavy atom. The van der Waals surface area contributed by atoms with Crippen molar-refractivity contribution in [2.75, 3.05) is 5.32 Å². The number of hydrogen-bond donors (Lipinski definition) is 1. The van der Waals surface area contributed by atoms with Crippen LogP contribution in [0.15, 0.2) is 83.7 Å². The predicted octanol–water partition coefficient (Wildman–Crippen LogP) is 5.58. The third-order valence-corrected chi connectivity index (χ3v) is 5.90. The van der Waals surface area contributed by atoms with Gasteiger partial charge >= 0.3 is 0 Å². The summed E-state index contributed by atoms with van der Waals surface area (Å²) in [7, 11) is 0. The highest BCUT2D eigenvalue weighted by atomic mass is 32.1.